The molecule has 1 aliphatic heterocycles. The summed E-state index contributed by atoms with van der Waals surface area (Å²) in [5.74, 6) is -0.451. The molecule has 1 saturated heterocycles. The Kier molecular flexibility index (Phi) is 9.69. The van der Waals surface area contributed by atoms with Gasteiger partial charge in [-0.1, -0.05) is 54.9 Å². The monoisotopic (exact) mass is 518 g/mol. The predicted molar refractivity (Wildman–Crippen MR) is 124 cm³/mol. The highest BCUT2D eigenvalue weighted by Gasteiger charge is 2.52. The lowest BCUT2D eigenvalue weighted by Crippen LogP contribution is -2.64. The summed E-state index contributed by atoms with van der Waals surface area (Å²) in [7, 11) is 0.886. The molecule has 0 saturated carbocycles. The van der Waals surface area contributed by atoms with Crippen molar-refractivity contribution in [2.45, 2.75) is 69.6 Å². The van der Waals surface area contributed by atoms with Crippen molar-refractivity contribution >= 4 is 30.2 Å². The quantitative estimate of drug-likeness (QED) is 0.208. The summed E-state index contributed by atoms with van der Waals surface area (Å²) >= 11 is 3.47. The SMILES string of the molecule is COCO[C@H]1[C@H](O[Si](C)(C)C(C)(C)C)[C@@H](OC)O[C@H](CBr)[C@H]1OC(=O)c1ccccc1. The van der Waals surface area contributed by atoms with Crippen LogP contribution in [0.2, 0.25) is 18.1 Å². The second-order valence-electron chi connectivity index (χ2n) is 9.05. The van der Waals surface area contributed by atoms with E-state index in [1.165, 1.54) is 0 Å². The Morgan fingerprint density at radius 1 is 1.10 bits per heavy atom. The van der Waals surface area contributed by atoms with Gasteiger partial charge in [0.15, 0.2) is 20.7 Å². The Hall–Kier alpha value is -0.813. The Labute approximate surface area is 194 Å². The van der Waals surface area contributed by atoms with Crippen molar-refractivity contribution in [1.29, 1.82) is 0 Å². The highest BCUT2D eigenvalue weighted by atomic mass is 79.9. The average Bonchev–Trinajstić information content (AvgIpc) is 2.73. The van der Waals surface area contributed by atoms with E-state index in [4.69, 9.17) is 28.1 Å². The number of esters is 1. The number of ether oxygens (including phenoxy) is 5. The zero-order valence-electron chi connectivity index (χ0n) is 19.4. The molecule has 0 N–H and O–H groups in total. The number of alkyl halides is 1. The van der Waals surface area contributed by atoms with E-state index in [1.807, 2.05) is 6.07 Å². The molecule has 0 bridgehead atoms. The summed E-state index contributed by atoms with van der Waals surface area (Å²) in [6.45, 7) is 10.8. The molecular formula is C22H35BrO7Si. The Morgan fingerprint density at radius 3 is 2.26 bits per heavy atom. The number of halogens is 1. The number of rotatable bonds is 9. The fraction of sp³-hybridized carbons (Fsp3) is 0.682. The lowest BCUT2D eigenvalue weighted by atomic mass is 9.99. The maximum absolute atomic E-state index is 12.9. The van der Waals surface area contributed by atoms with Crippen molar-refractivity contribution in [3.8, 4) is 0 Å². The van der Waals surface area contributed by atoms with Gasteiger partial charge in [-0.25, -0.2) is 4.79 Å². The van der Waals surface area contributed by atoms with Crippen molar-refractivity contribution in [3.63, 3.8) is 0 Å². The molecule has 176 valence electrons. The first-order chi connectivity index (χ1) is 14.6. The van der Waals surface area contributed by atoms with Crippen molar-refractivity contribution in [2.75, 3.05) is 26.3 Å². The Morgan fingerprint density at radius 2 is 1.74 bits per heavy atom. The summed E-state index contributed by atoms with van der Waals surface area (Å²) in [4.78, 5) is 12.9. The Bertz CT molecular complexity index is 695. The first-order valence-corrected chi connectivity index (χ1v) is 14.4. The van der Waals surface area contributed by atoms with Crippen LogP contribution in [0.1, 0.15) is 31.1 Å². The number of carbonyl (C=O) groups is 1. The number of methoxy groups -OCH3 is 2. The average molecular weight is 520 g/mol. The van der Waals surface area contributed by atoms with E-state index in [-0.39, 0.29) is 11.8 Å². The highest BCUT2D eigenvalue weighted by molar-refractivity contribution is 9.09. The van der Waals surface area contributed by atoms with Gasteiger partial charge in [0.2, 0.25) is 0 Å². The van der Waals surface area contributed by atoms with Gasteiger partial charge in [-0.2, -0.15) is 0 Å². The summed E-state index contributed by atoms with van der Waals surface area (Å²) in [5.41, 5.74) is 0.456. The third-order valence-electron chi connectivity index (χ3n) is 5.84. The molecule has 1 heterocycles. The molecule has 2 rings (SSSR count). The third-order valence-corrected chi connectivity index (χ3v) is 11.0. The van der Waals surface area contributed by atoms with E-state index in [1.54, 1.807) is 38.5 Å². The van der Waals surface area contributed by atoms with Gasteiger partial charge in [0.05, 0.1) is 5.56 Å². The van der Waals surface area contributed by atoms with Crippen LogP contribution in [0.5, 0.6) is 0 Å². The van der Waals surface area contributed by atoms with E-state index >= 15 is 0 Å². The smallest absolute Gasteiger partial charge is 0.338 e. The molecule has 7 nitrogen and oxygen atoms in total. The maximum Gasteiger partial charge on any atom is 0.338 e. The summed E-state index contributed by atoms with van der Waals surface area (Å²) in [6.07, 6.45) is -3.11. The molecule has 0 amide bonds. The first kappa shape index (κ1) is 26.4. The molecule has 31 heavy (non-hydrogen) atoms. The number of benzene rings is 1. The topological polar surface area (TPSA) is 72.5 Å². The van der Waals surface area contributed by atoms with Crippen molar-refractivity contribution in [2.24, 2.45) is 0 Å². The van der Waals surface area contributed by atoms with Crippen LogP contribution in [0.15, 0.2) is 30.3 Å². The van der Waals surface area contributed by atoms with Gasteiger partial charge in [0, 0.05) is 19.5 Å². The number of hydrogen-bond donors (Lipinski definition) is 0. The molecular weight excluding hydrogens is 484 g/mol. The molecule has 1 fully saturated rings. The van der Waals surface area contributed by atoms with Crippen molar-refractivity contribution < 1.29 is 32.9 Å². The highest BCUT2D eigenvalue weighted by Crippen LogP contribution is 2.40. The third kappa shape index (κ3) is 6.60. The van der Waals surface area contributed by atoms with Gasteiger partial charge < -0.3 is 28.1 Å². The van der Waals surface area contributed by atoms with E-state index in [2.05, 4.69) is 49.8 Å². The van der Waals surface area contributed by atoms with E-state index < -0.39 is 45.0 Å². The minimum absolute atomic E-state index is 0.0207. The van der Waals surface area contributed by atoms with Crippen LogP contribution >= 0.6 is 15.9 Å². The fourth-order valence-corrected chi connectivity index (χ4v) is 4.88. The van der Waals surface area contributed by atoms with E-state index in [0.717, 1.165) is 0 Å². The van der Waals surface area contributed by atoms with Gasteiger partial charge >= 0.3 is 5.97 Å². The number of hydrogen-bond acceptors (Lipinski definition) is 7. The molecule has 1 aromatic rings. The maximum atomic E-state index is 12.9. The van der Waals surface area contributed by atoms with Gasteiger partial charge in [0.25, 0.3) is 0 Å². The zero-order chi connectivity index (χ0) is 23.2. The van der Waals surface area contributed by atoms with Crippen molar-refractivity contribution in [3.05, 3.63) is 35.9 Å². The largest absolute Gasteiger partial charge is 0.453 e. The molecule has 0 radical (unpaired) electrons. The van der Waals surface area contributed by atoms with Crippen LogP contribution in [0.25, 0.3) is 0 Å². The van der Waals surface area contributed by atoms with Crippen LogP contribution in [-0.2, 0) is 28.1 Å². The Balaban J connectivity index is 2.38. The lowest BCUT2D eigenvalue weighted by molar-refractivity contribution is -0.296. The standard InChI is InChI=1S/C22H35BrO7Si/c1-22(2,3)31(6,7)30-19-18(27-14-25-4)17(16(13-23)28-21(19)26-5)29-20(24)15-11-9-8-10-12-15/h8-12,16-19,21H,13-14H2,1-7H3/t16-,17-,18-,19+,21+/m1/s1. The molecule has 9 heteroatoms. The molecule has 0 unspecified atom stereocenters. The molecule has 0 aliphatic carbocycles. The van der Waals surface area contributed by atoms with Crippen molar-refractivity contribution in [1.82, 2.24) is 0 Å². The predicted octanol–water partition coefficient (Wildman–Crippen LogP) is 4.36. The normalized spacial score (nSPS) is 27.2. The van der Waals surface area contributed by atoms with Crippen LogP contribution in [-0.4, -0.2) is 71.3 Å². The molecule has 5 atom stereocenters. The molecule has 1 aliphatic rings. The second kappa shape index (κ2) is 11.4. The number of carbonyl (C=O) groups excluding carboxylic acids is 1. The van der Waals surface area contributed by atoms with Crippen LogP contribution in [0, 0.1) is 0 Å². The molecule has 1 aromatic carbocycles. The molecule has 0 aromatic heterocycles. The van der Waals surface area contributed by atoms with Gasteiger partial charge in [0.1, 0.15) is 25.1 Å². The van der Waals surface area contributed by atoms with Gasteiger partial charge in [-0.15, -0.1) is 0 Å². The van der Waals surface area contributed by atoms with Gasteiger partial charge in [-0.05, 0) is 30.3 Å². The van der Waals surface area contributed by atoms with Crippen LogP contribution in [0.3, 0.4) is 0 Å². The molecule has 0 spiro atoms. The zero-order valence-corrected chi connectivity index (χ0v) is 22.0. The fourth-order valence-electron chi connectivity index (χ4n) is 3.08. The second-order valence-corrected chi connectivity index (χ2v) is 14.5. The van der Waals surface area contributed by atoms with E-state index in [9.17, 15) is 4.79 Å². The first-order valence-electron chi connectivity index (χ1n) is 10.3. The van der Waals surface area contributed by atoms with E-state index in [0.29, 0.717) is 10.9 Å². The lowest BCUT2D eigenvalue weighted by Gasteiger charge is -2.48. The van der Waals surface area contributed by atoms with Crippen LogP contribution < -0.4 is 0 Å². The van der Waals surface area contributed by atoms with Gasteiger partial charge in [-0.3, -0.25) is 0 Å². The van der Waals surface area contributed by atoms with Crippen LogP contribution in [0.4, 0.5) is 0 Å². The minimum atomic E-state index is -2.23. The minimum Gasteiger partial charge on any atom is -0.453 e. The summed E-state index contributed by atoms with van der Waals surface area (Å²) < 4.78 is 35.6. The summed E-state index contributed by atoms with van der Waals surface area (Å²) in [5, 5.41) is 0.388. The summed E-state index contributed by atoms with van der Waals surface area (Å²) in [6, 6.07) is 8.85.